The number of benzene rings is 1. The van der Waals surface area contributed by atoms with Crippen LogP contribution >= 0.6 is 11.6 Å². The predicted octanol–water partition coefficient (Wildman–Crippen LogP) is 2.94. The van der Waals surface area contributed by atoms with Gasteiger partial charge in [-0.05, 0) is 38.5 Å². The SMILES string of the molecule is COC(C)(C)C(=O)N[C@@H](C)c1ccc(Cl)cc1. The summed E-state index contributed by atoms with van der Waals surface area (Å²) in [5.74, 6) is -0.137. The van der Waals surface area contributed by atoms with Gasteiger partial charge in [0.15, 0.2) is 0 Å². The van der Waals surface area contributed by atoms with Gasteiger partial charge in [0, 0.05) is 12.1 Å². The third-order valence-corrected chi connectivity index (χ3v) is 3.03. The quantitative estimate of drug-likeness (QED) is 0.898. The van der Waals surface area contributed by atoms with Crippen molar-refractivity contribution in [3.8, 4) is 0 Å². The molecule has 1 amide bonds. The molecule has 1 N–H and O–H groups in total. The van der Waals surface area contributed by atoms with Crippen molar-refractivity contribution in [2.75, 3.05) is 7.11 Å². The van der Waals surface area contributed by atoms with E-state index in [4.69, 9.17) is 16.3 Å². The van der Waals surface area contributed by atoms with Crippen molar-refractivity contribution < 1.29 is 9.53 Å². The van der Waals surface area contributed by atoms with E-state index in [-0.39, 0.29) is 11.9 Å². The van der Waals surface area contributed by atoms with E-state index in [0.717, 1.165) is 5.56 Å². The summed E-state index contributed by atoms with van der Waals surface area (Å²) in [5.41, 5.74) is 0.190. The van der Waals surface area contributed by atoms with E-state index in [1.54, 1.807) is 26.0 Å². The Morgan fingerprint density at radius 3 is 2.35 bits per heavy atom. The van der Waals surface area contributed by atoms with Crippen LogP contribution < -0.4 is 5.32 Å². The highest BCUT2D eigenvalue weighted by Gasteiger charge is 2.28. The minimum absolute atomic E-state index is 0.0748. The lowest BCUT2D eigenvalue weighted by atomic mass is 10.1. The molecule has 1 rings (SSSR count). The maximum Gasteiger partial charge on any atom is 0.252 e. The zero-order valence-electron chi connectivity index (χ0n) is 10.6. The number of halogens is 1. The van der Waals surface area contributed by atoms with Crippen LogP contribution in [0.3, 0.4) is 0 Å². The number of hydrogen-bond acceptors (Lipinski definition) is 2. The number of carbonyl (C=O) groups excluding carboxylic acids is 1. The maximum atomic E-state index is 11.9. The van der Waals surface area contributed by atoms with Gasteiger partial charge in [0.05, 0.1) is 6.04 Å². The monoisotopic (exact) mass is 255 g/mol. The van der Waals surface area contributed by atoms with Crippen molar-refractivity contribution in [1.29, 1.82) is 0 Å². The van der Waals surface area contributed by atoms with Gasteiger partial charge in [0.2, 0.25) is 0 Å². The highest BCUT2D eigenvalue weighted by molar-refractivity contribution is 6.30. The third-order valence-electron chi connectivity index (χ3n) is 2.77. The van der Waals surface area contributed by atoms with Gasteiger partial charge in [-0.1, -0.05) is 23.7 Å². The van der Waals surface area contributed by atoms with Gasteiger partial charge in [-0.25, -0.2) is 0 Å². The summed E-state index contributed by atoms with van der Waals surface area (Å²) in [4.78, 5) is 11.9. The molecule has 0 radical (unpaired) electrons. The van der Waals surface area contributed by atoms with Crippen LogP contribution in [0.4, 0.5) is 0 Å². The third kappa shape index (κ3) is 3.72. The van der Waals surface area contributed by atoms with Crippen LogP contribution in [0.25, 0.3) is 0 Å². The fraction of sp³-hybridized carbons (Fsp3) is 0.462. The smallest absolute Gasteiger partial charge is 0.252 e. The molecule has 0 fully saturated rings. The second kappa shape index (κ2) is 5.52. The Kier molecular flexibility index (Phi) is 4.54. The first-order valence-corrected chi connectivity index (χ1v) is 5.86. The molecule has 0 bridgehead atoms. The Hall–Kier alpha value is -1.06. The number of hydrogen-bond donors (Lipinski definition) is 1. The summed E-state index contributed by atoms with van der Waals surface area (Å²) in [6.07, 6.45) is 0. The first kappa shape index (κ1) is 14.0. The molecule has 0 aliphatic heterocycles. The van der Waals surface area contributed by atoms with E-state index >= 15 is 0 Å². The van der Waals surface area contributed by atoms with Crippen LogP contribution in [-0.2, 0) is 9.53 Å². The molecule has 0 unspecified atom stereocenters. The second-order valence-electron chi connectivity index (χ2n) is 4.46. The van der Waals surface area contributed by atoms with Gasteiger partial charge in [-0.15, -0.1) is 0 Å². The molecule has 4 heteroatoms. The van der Waals surface area contributed by atoms with Gasteiger partial charge in [0.1, 0.15) is 5.60 Å². The van der Waals surface area contributed by atoms with E-state index in [0.29, 0.717) is 5.02 Å². The van der Waals surface area contributed by atoms with Gasteiger partial charge in [-0.3, -0.25) is 4.79 Å². The molecule has 0 saturated heterocycles. The van der Waals surface area contributed by atoms with E-state index in [1.165, 1.54) is 7.11 Å². The lowest BCUT2D eigenvalue weighted by Crippen LogP contribution is -2.44. The molecule has 0 heterocycles. The van der Waals surface area contributed by atoms with Crippen molar-refractivity contribution in [1.82, 2.24) is 5.32 Å². The van der Waals surface area contributed by atoms with Crippen LogP contribution in [-0.4, -0.2) is 18.6 Å². The van der Waals surface area contributed by atoms with Gasteiger partial charge in [-0.2, -0.15) is 0 Å². The Bertz CT molecular complexity index is 387. The van der Waals surface area contributed by atoms with E-state index in [2.05, 4.69) is 5.32 Å². The van der Waals surface area contributed by atoms with Gasteiger partial charge in [0.25, 0.3) is 5.91 Å². The lowest BCUT2D eigenvalue weighted by molar-refractivity contribution is -0.140. The molecule has 3 nitrogen and oxygen atoms in total. The number of nitrogens with one attached hydrogen (secondary N) is 1. The average Bonchev–Trinajstić information content (AvgIpc) is 2.29. The Labute approximate surface area is 107 Å². The highest BCUT2D eigenvalue weighted by Crippen LogP contribution is 2.17. The van der Waals surface area contributed by atoms with Crippen LogP contribution in [0.5, 0.6) is 0 Å². The van der Waals surface area contributed by atoms with Crippen molar-refractivity contribution in [2.24, 2.45) is 0 Å². The fourth-order valence-corrected chi connectivity index (χ4v) is 1.42. The topological polar surface area (TPSA) is 38.3 Å². The van der Waals surface area contributed by atoms with Crippen LogP contribution in [0.15, 0.2) is 24.3 Å². The number of carbonyl (C=O) groups is 1. The normalized spacial score (nSPS) is 13.2. The zero-order chi connectivity index (χ0) is 13.1. The summed E-state index contributed by atoms with van der Waals surface area (Å²) >= 11 is 5.81. The Morgan fingerprint density at radius 2 is 1.88 bits per heavy atom. The summed E-state index contributed by atoms with van der Waals surface area (Å²) in [5, 5.41) is 3.58. The van der Waals surface area contributed by atoms with Crippen LogP contribution in [0, 0.1) is 0 Å². The molecule has 1 aromatic rings. The molecular formula is C13H18ClNO2. The van der Waals surface area contributed by atoms with Crippen molar-refractivity contribution >= 4 is 17.5 Å². The number of ether oxygens (including phenoxy) is 1. The van der Waals surface area contributed by atoms with Crippen LogP contribution in [0.2, 0.25) is 5.02 Å². The molecule has 0 aromatic heterocycles. The predicted molar refractivity (Wildman–Crippen MR) is 69.1 cm³/mol. The van der Waals surface area contributed by atoms with Gasteiger partial charge >= 0.3 is 0 Å². The minimum atomic E-state index is -0.819. The van der Waals surface area contributed by atoms with E-state index in [1.807, 2.05) is 19.1 Å². The summed E-state index contributed by atoms with van der Waals surface area (Å²) in [7, 11) is 1.52. The molecule has 0 saturated carbocycles. The molecule has 0 aliphatic rings. The number of rotatable bonds is 4. The first-order valence-electron chi connectivity index (χ1n) is 5.48. The molecule has 1 aromatic carbocycles. The second-order valence-corrected chi connectivity index (χ2v) is 4.90. The molecule has 94 valence electrons. The first-order chi connectivity index (χ1) is 7.86. The Balaban J connectivity index is 2.70. The minimum Gasteiger partial charge on any atom is -0.369 e. The molecule has 1 atom stereocenters. The highest BCUT2D eigenvalue weighted by atomic mass is 35.5. The average molecular weight is 256 g/mol. The van der Waals surface area contributed by atoms with Crippen molar-refractivity contribution in [2.45, 2.75) is 32.4 Å². The lowest BCUT2D eigenvalue weighted by Gasteiger charge is -2.24. The number of amides is 1. The number of methoxy groups -OCH3 is 1. The summed E-state index contributed by atoms with van der Waals surface area (Å²) in [6, 6.07) is 7.33. The standard InChI is InChI=1S/C13H18ClNO2/c1-9(10-5-7-11(14)8-6-10)15-12(16)13(2,3)17-4/h5-9H,1-4H3,(H,15,16)/t9-/m0/s1. The Morgan fingerprint density at radius 1 is 1.35 bits per heavy atom. The molecule has 0 spiro atoms. The maximum absolute atomic E-state index is 11.9. The molecule has 0 aliphatic carbocycles. The van der Waals surface area contributed by atoms with E-state index in [9.17, 15) is 4.79 Å². The summed E-state index contributed by atoms with van der Waals surface area (Å²) < 4.78 is 5.12. The largest absolute Gasteiger partial charge is 0.369 e. The van der Waals surface area contributed by atoms with Crippen LogP contribution in [0.1, 0.15) is 32.4 Å². The molecular weight excluding hydrogens is 238 g/mol. The van der Waals surface area contributed by atoms with Crippen molar-refractivity contribution in [3.05, 3.63) is 34.9 Å². The summed E-state index contributed by atoms with van der Waals surface area (Å²) in [6.45, 7) is 5.39. The van der Waals surface area contributed by atoms with Gasteiger partial charge < -0.3 is 10.1 Å². The van der Waals surface area contributed by atoms with Crippen molar-refractivity contribution in [3.63, 3.8) is 0 Å². The fourth-order valence-electron chi connectivity index (χ4n) is 1.30. The molecule has 17 heavy (non-hydrogen) atoms. The zero-order valence-corrected chi connectivity index (χ0v) is 11.3. The van der Waals surface area contributed by atoms with E-state index < -0.39 is 5.60 Å².